The van der Waals surface area contributed by atoms with Gasteiger partial charge in [0.25, 0.3) is 0 Å². The summed E-state index contributed by atoms with van der Waals surface area (Å²) in [5, 5.41) is 0.194. The van der Waals surface area contributed by atoms with Crippen molar-refractivity contribution in [3.05, 3.63) is 0 Å². The Hall–Kier alpha value is -0.193. The van der Waals surface area contributed by atoms with Crippen molar-refractivity contribution in [3.8, 4) is 0 Å². The Balaban J connectivity index is 4.15. The van der Waals surface area contributed by atoms with Crippen molar-refractivity contribution in [2.75, 3.05) is 13.2 Å². The molecule has 0 aromatic rings. The van der Waals surface area contributed by atoms with E-state index in [0.717, 1.165) is 19.3 Å². The zero-order chi connectivity index (χ0) is 11.7. The van der Waals surface area contributed by atoms with Crippen molar-refractivity contribution in [1.29, 1.82) is 0 Å². The number of hydrogen-bond acceptors (Lipinski definition) is 3. The number of unbranched alkanes of at least 4 members (excludes halogenated alkanes) is 2. The second-order valence-corrected chi connectivity index (χ2v) is 6.72. The summed E-state index contributed by atoms with van der Waals surface area (Å²) in [6.45, 7) is 8.91. The first-order valence-electron chi connectivity index (χ1n) is 5.91. The quantitative estimate of drug-likeness (QED) is 0.453. The third-order valence-electron chi connectivity index (χ3n) is 2.35. The van der Waals surface area contributed by atoms with E-state index in [1.807, 2.05) is 20.4 Å². The highest BCUT2D eigenvalue weighted by Gasteiger charge is 2.39. The van der Waals surface area contributed by atoms with Crippen LogP contribution in [0, 0.1) is 0 Å². The average Bonchev–Trinajstić information content (AvgIpc) is 2.18. The van der Waals surface area contributed by atoms with Gasteiger partial charge >= 0.3 is 8.56 Å². The molecule has 0 aliphatic heterocycles. The molecule has 0 aromatic carbocycles. The van der Waals surface area contributed by atoms with E-state index in [-0.39, 0.29) is 5.41 Å². The van der Waals surface area contributed by atoms with E-state index in [2.05, 4.69) is 6.92 Å². The molecule has 0 atom stereocenters. The van der Waals surface area contributed by atoms with Gasteiger partial charge in [-0.25, -0.2) is 0 Å². The van der Waals surface area contributed by atoms with Crippen LogP contribution in [0.4, 0.5) is 0 Å². The van der Waals surface area contributed by atoms with E-state index in [1.54, 1.807) is 0 Å². The maximum atomic E-state index is 11.9. The number of rotatable bonds is 9. The molecule has 0 rings (SSSR count). The summed E-state index contributed by atoms with van der Waals surface area (Å²) in [7, 11) is -2.54. The molecule has 0 aliphatic carbocycles. The molecule has 0 heterocycles. The van der Waals surface area contributed by atoms with Crippen molar-refractivity contribution in [2.45, 2.75) is 53.0 Å². The van der Waals surface area contributed by atoms with Gasteiger partial charge in [-0.15, -0.1) is 0 Å². The van der Waals surface area contributed by atoms with Crippen LogP contribution in [-0.4, -0.2) is 27.2 Å². The molecule has 0 aromatic heterocycles. The van der Waals surface area contributed by atoms with Crippen LogP contribution in [0.5, 0.6) is 0 Å². The molecule has 0 bridgehead atoms. The smallest absolute Gasteiger partial charge is 0.390 e. The van der Waals surface area contributed by atoms with Crippen LogP contribution in [0.25, 0.3) is 0 Å². The molecule has 0 unspecified atom stereocenters. The summed E-state index contributed by atoms with van der Waals surface area (Å²) in [6, 6.07) is 0. The Bertz CT molecular complexity index is 177. The molecule has 0 amide bonds. The summed E-state index contributed by atoms with van der Waals surface area (Å²) < 4.78 is 11.1. The van der Waals surface area contributed by atoms with Crippen molar-refractivity contribution >= 4 is 14.0 Å². The topological polar surface area (TPSA) is 35.5 Å². The lowest BCUT2D eigenvalue weighted by Gasteiger charge is -2.24. The zero-order valence-electron chi connectivity index (χ0n) is 10.5. The van der Waals surface area contributed by atoms with Crippen LogP contribution >= 0.6 is 0 Å². The maximum Gasteiger partial charge on any atom is 0.406 e. The first-order chi connectivity index (χ1) is 7.10. The van der Waals surface area contributed by atoms with Gasteiger partial charge in [0, 0.05) is 19.6 Å². The van der Waals surface area contributed by atoms with Crippen LogP contribution in [0.15, 0.2) is 0 Å². The zero-order valence-corrected chi connectivity index (χ0v) is 11.5. The molecule has 3 nitrogen and oxygen atoms in total. The number of carbonyl (C=O) groups excluding carboxylic acids is 1. The van der Waals surface area contributed by atoms with Crippen LogP contribution in [0.2, 0.25) is 6.55 Å². The van der Waals surface area contributed by atoms with Gasteiger partial charge in [-0.3, -0.25) is 4.79 Å². The predicted octanol–water partition coefficient (Wildman–Crippen LogP) is 2.82. The molecule has 0 spiro atoms. The van der Waals surface area contributed by atoms with Gasteiger partial charge in [-0.1, -0.05) is 19.8 Å². The van der Waals surface area contributed by atoms with Gasteiger partial charge in [0.05, 0.1) is 0 Å². The van der Waals surface area contributed by atoms with Crippen LogP contribution in [-0.2, 0) is 13.6 Å². The molecular weight excluding hydrogens is 208 g/mol. The van der Waals surface area contributed by atoms with Crippen molar-refractivity contribution in [2.24, 2.45) is 0 Å². The Morgan fingerprint density at radius 2 is 1.60 bits per heavy atom. The second-order valence-electron chi connectivity index (χ2n) is 3.69. The summed E-state index contributed by atoms with van der Waals surface area (Å²) >= 11 is 0. The standard InChI is InChI=1S/C11H24O3Si/c1-5-8-9-10-11(12)15(4,13-6-2)14-7-3/h5-10H2,1-4H3. The minimum absolute atomic E-state index is 0.194. The van der Waals surface area contributed by atoms with Crippen molar-refractivity contribution < 1.29 is 13.6 Å². The van der Waals surface area contributed by atoms with Crippen LogP contribution in [0.3, 0.4) is 0 Å². The SMILES string of the molecule is CCCCCC(=O)[Si](C)(OCC)OCC. The maximum absolute atomic E-state index is 11.9. The first-order valence-corrected chi connectivity index (χ1v) is 8.23. The normalized spacial score (nSPS) is 11.7. The highest BCUT2D eigenvalue weighted by molar-refractivity contribution is 6.96. The van der Waals surface area contributed by atoms with Gasteiger partial charge in [-0.05, 0) is 26.8 Å². The molecule has 15 heavy (non-hydrogen) atoms. The predicted molar refractivity (Wildman–Crippen MR) is 64.0 cm³/mol. The third kappa shape index (κ3) is 5.44. The lowest BCUT2D eigenvalue weighted by molar-refractivity contribution is -0.116. The molecule has 0 aliphatic rings. The molecule has 0 fully saturated rings. The number of hydrogen-bond donors (Lipinski definition) is 0. The monoisotopic (exact) mass is 232 g/mol. The molecule has 0 N–H and O–H groups in total. The van der Waals surface area contributed by atoms with Crippen molar-refractivity contribution in [3.63, 3.8) is 0 Å². The van der Waals surface area contributed by atoms with Crippen LogP contribution in [0.1, 0.15) is 46.5 Å². The fraction of sp³-hybridized carbons (Fsp3) is 0.909. The molecule has 0 saturated heterocycles. The average molecular weight is 232 g/mol. The third-order valence-corrected chi connectivity index (χ3v) is 5.30. The van der Waals surface area contributed by atoms with E-state index < -0.39 is 8.56 Å². The molecule has 0 saturated carbocycles. The van der Waals surface area contributed by atoms with E-state index >= 15 is 0 Å². The fourth-order valence-corrected chi connectivity index (χ4v) is 3.65. The first kappa shape index (κ1) is 14.8. The fourth-order valence-electron chi connectivity index (χ4n) is 1.52. The van der Waals surface area contributed by atoms with E-state index in [4.69, 9.17) is 8.85 Å². The summed E-state index contributed by atoms with van der Waals surface area (Å²) in [4.78, 5) is 11.9. The Labute approximate surface area is 94.4 Å². The minimum atomic E-state index is -2.54. The Kier molecular flexibility index (Phi) is 7.91. The van der Waals surface area contributed by atoms with Gasteiger partial charge in [0.2, 0.25) is 0 Å². The Morgan fingerprint density at radius 3 is 2.00 bits per heavy atom. The minimum Gasteiger partial charge on any atom is -0.390 e. The lowest BCUT2D eigenvalue weighted by atomic mass is 10.2. The summed E-state index contributed by atoms with van der Waals surface area (Å²) in [6.07, 6.45) is 3.80. The summed E-state index contributed by atoms with van der Waals surface area (Å²) in [5.41, 5.74) is 0. The van der Waals surface area contributed by atoms with Crippen molar-refractivity contribution in [1.82, 2.24) is 0 Å². The highest BCUT2D eigenvalue weighted by Crippen LogP contribution is 2.13. The van der Waals surface area contributed by atoms with E-state index in [9.17, 15) is 4.79 Å². The Morgan fingerprint density at radius 1 is 1.07 bits per heavy atom. The van der Waals surface area contributed by atoms with E-state index in [1.165, 1.54) is 0 Å². The van der Waals surface area contributed by atoms with Gasteiger partial charge < -0.3 is 8.85 Å². The summed E-state index contributed by atoms with van der Waals surface area (Å²) in [5.74, 6) is 0. The molecular formula is C11H24O3Si. The second kappa shape index (κ2) is 8.02. The highest BCUT2D eigenvalue weighted by atomic mass is 28.4. The molecule has 0 radical (unpaired) electrons. The lowest BCUT2D eigenvalue weighted by Crippen LogP contribution is -2.47. The molecule has 90 valence electrons. The van der Waals surface area contributed by atoms with Gasteiger partial charge in [-0.2, -0.15) is 0 Å². The van der Waals surface area contributed by atoms with E-state index in [0.29, 0.717) is 19.6 Å². The van der Waals surface area contributed by atoms with Crippen LogP contribution < -0.4 is 0 Å². The number of carbonyl (C=O) groups is 1. The molecule has 4 heteroatoms. The largest absolute Gasteiger partial charge is 0.406 e. The van der Waals surface area contributed by atoms with Gasteiger partial charge in [0.15, 0.2) is 5.41 Å². The van der Waals surface area contributed by atoms with Gasteiger partial charge in [0.1, 0.15) is 0 Å².